The molecular formula is C18H23NO4S. The number of hydrogen-bond acceptors (Lipinski definition) is 4. The van der Waals surface area contributed by atoms with Crippen molar-refractivity contribution in [3.05, 3.63) is 35.9 Å². The highest BCUT2D eigenvalue weighted by atomic mass is 32.2. The summed E-state index contributed by atoms with van der Waals surface area (Å²) in [4.78, 5) is 37.4. The van der Waals surface area contributed by atoms with Crippen molar-refractivity contribution in [3.63, 3.8) is 0 Å². The largest absolute Gasteiger partial charge is 0.480 e. The maximum absolute atomic E-state index is 12.7. The molecule has 0 unspecified atom stereocenters. The molecule has 1 amide bonds. The number of carboxylic acids is 1. The zero-order valence-corrected chi connectivity index (χ0v) is 14.6. The number of benzene rings is 1. The SMILES string of the molecule is C[C@H](CSC(=O)c1ccccc1)C(=O)N(CC(=O)O)C1CCCC1. The molecule has 0 bridgehead atoms. The average molecular weight is 349 g/mol. The van der Waals surface area contributed by atoms with Gasteiger partial charge < -0.3 is 10.0 Å². The number of rotatable bonds is 7. The van der Waals surface area contributed by atoms with Crippen molar-refractivity contribution in [2.45, 2.75) is 38.6 Å². The lowest BCUT2D eigenvalue weighted by Gasteiger charge is -2.29. The van der Waals surface area contributed by atoms with E-state index < -0.39 is 5.97 Å². The number of carbonyl (C=O) groups is 3. The summed E-state index contributed by atoms with van der Waals surface area (Å²) in [7, 11) is 0. The monoisotopic (exact) mass is 349 g/mol. The van der Waals surface area contributed by atoms with E-state index >= 15 is 0 Å². The van der Waals surface area contributed by atoms with E-state index in [1.165, 1.54) is 4.90 Å². The van der Waals surface area contributed by atoms with Crippen LogP contribution < -0.4 is 0 Å². The van der Waals surface area contributed by atoms with Gasteiger partial charge in [-0.25, -0.2) is 0 Å². The van der Waals surface area contributed by atoms with Gasteiger partial charge in [-0.05, 0) is 12.8 Å². The second-order valence-corrected chi connectivity index (χ2v) is 7.16. The Labute approximate surface area is 146 Å². The van der Waals surface area contributed by atoms with Gasteiger partial charge in [-0.2, -0.15) is 0 Å². The summed E-state index contributed by atoms with van der Waals surface area (Å²) in [5.41, 5.74) is 0.611. The summed E-state index contributed by atoms with van der Waals surface area (Å²) in [5, 5.41) is 9.02. The Balaban J connectivity index is 1.93. The summed E-state index contributed by atoms with van der Waals surface area (Å²) in [6, 6.07) is 8.97. The minimum Gasteiger partial charge on any atom is -0.480 e. The number of aliphatic carboxylic acids is 1. The Hall–Kier alpha value is -1.82. The van der Waals surface area contributed by atoms with Crippen LogP contribution in [0.2, 0.25) is 0 Å². The molecule has 1 aromatic rings. The van der Waals surface area contributed by atoms with Crippen LogP contribution in [0, 0.1) is 5.92 Å². The van der Waals surface area contributed by atoms with Crippen molar-refractivity contribution in [2.75, 3.05) is 12.3 Å². The number of thioether (sulfide) groups is 1. The molecule has 24 heavy (non-hydrogen) atoms. The molecule has 0 saturated heterocycles. The highest BCUT2D eigenvalue weighted by molar-refractivity contribution is 8.14. The Morgan fingerprint density at radius 2 is 1.83 bits per heavy atom. The first-order valence-electron chi connectivity index (χ1n) is 8.23. The van der Waals surface area contributed by atoms with Gasteiger partial charge in [0.25, 0.3) is 0 Å². The van der Waals surface area contributed by atoms with E-state index in [0.29, 0.717) is 11.3 Å². The molecule has 1 saturated carbocycles. The van der Waals surface area contributed by atoms with E-state index in [9.17, 15) is 14.4 Å². The number of carbonyl (C=O) groups excluding carboxylic acids is 2. The van der Waals surface area contributed by atoms with Crippen LogP contribution in [0.25, 0.3) is 0 Å². The number of amides is 1. The van der Waals surface area contributed by atoms with Gasteiger partial charge in [-0.15, -0.1) is 0 Å². The van der Waals surface area contributed by atoms with Crippen molar-refractivity contribution >= 4 is 28.8 Å². The molecule has 0 radical (unpaired) electrons. The van der Waals surface area contributed by atoms with E-state index in [0.717, 1.165) is 37.4 Å². The first-order valence-corrected chi connectivity index (χ1v) is 9.22. The van der Waals surface area contributed by atoms with Gasteiger partial charge in [0.05, 0.1) is 0 Å². The second kappa shape index (κ2) is 8.87. The normalized spacial score (nSPS) is 15.9. The van der Waals surface area contributed by atoms with E-state index in [-0.39, 0.29) is 29.5 Å². The van der Waals surface area contributed by atoms with Crippen molar-refractivity contribution in [3.8, 4) is 0 Å². The fourth-order valence-corrected chi connectivity index (χ4v) is 3.81. The van der Waals surface area contributed by atoms with Gasteiger partial charge in [0.1, 0.15) is 6.54 Å². The third-order valence-electron chi connectivity index (χ3n) is 4.25. The molecule has 5 nitrogen and oxygen atoms in total. The van der Waals surface area contributed by atoms with Crippen LogP contribution in [0.15, 0.2) is 30.3 Å². The van der Waals surface area contributed by atoms with Gasteiger partial charge in [-0.1, -0.05) is 61.9 Å². The third-order valence-corrected chi connectivity index (χ3v) is 5.41. The fourth-order valence-electron chi connectivity index (χ4n) is 2.96. The molecule has 1 aliphatic rings. The van der Waals surface area contributed by atoms with Crippen molar-refractivity contribution < 1.29 is 19.5 Å². The molecule has 2 rings (SSSR count). The lowest BCUT2D eigenvalue weighted by atomic mass is 10.1. The molecule has 1 atom stereocenters. The van der Waals surface area contributed by atoms with Crippen LogP contribution in [0.3, 0.4) is 0 Å². The zero-order valence-electron chi connectivity index (χ0n) is 13.8. The van der Waals surface area contributed by atoms with Crippen molar-refractivity contribution in [1.29, 1.82) is 0 Å². The van der Waals surface area contributed by atoms with Crippen molar-refractivity contribution in [2.24, 2.45) is 5.92 Å². The van der Waals surface area contributed by atoms with Crippen LogP contribution >= 0.6 is 11.8 Å². The highest BCUT2D eigenvalue weighted by Gasteiger charge is 2.31. The molecule has 1 fully saturated rings. The number of nitrogens with zero attached hydrogens (tertiary/aromatic N) is 1. The topological polar surface area (TPSA) is 74.7 Å². The lowest BCUT2D eigenvalue weighted by Crippen LogP contribution is -2.45. The van der Waals surface area contributed by atoms with Crippen LogP contribution in [-0.4, -0.2) is 45.3 Å². The first-order chi connectivity index (χ1) is 11.5. The van der Waals surface area contributed by atoms with Gasteiger partial charge in [0, 0.05) is 23.3 Å². The van der Waals surface area contributed by atoms with Crippen LogP contribution in [0.5, 0.6) is 0 Å². The predicted molar refractivity (Wildman–Crippen MR) is 94.0 cm³/mol. The maximum atomic E-state index is 12.7. The number of hydrogen-bond donors (Lipinski definition) is 1. The molecule has 1 aromatic carbocycles. The number of carboxylic acid groups (broad SMARTS) is 1. The lowest BCUT2D eigenvalue weighted by molar-refractivity contribution is -0.147. The first kappa shape index (κ1) is 18.5. The maximum Gasteiger partial charge on any atom is 0.323 e. The Morgan fingerprint density at radius 3 is 2.42 bits per heavy atom. The standard InChI is InChI=1S/C18H23NO4S/c1-13(12-24-18(23)14-7-3-2-4-8-14)17(22)19(11-16(20)21)15-9-5-6-10-15/h2-4,7-8,13,15H,5-6,9-12H2,1H3,(H,20,21)/t13-/m1/s1. The third kappa shape index (κ3) is 5.09. The summed E-state index contributed by atoms with van der Waals surface area (Å²) < 4.78 is 0. The van der Waals surface area contributed by atoms with Gasteiger partial charge in [-0.3, -0.25) is 14.4 Å². The van der Waals surface area contributed by atoms with E-state index in [1.807, 2.05) is 6.07 Å². The summed E-state index contributed by atoms with van der Waals surface area (Å²) in [5.74, 6) is -1.19. The Morgan fingerprint density at radius 1 is 1.21 bits per heavy atom. The molecule has 1 N–H and O–H groups in total. The van der Waals surface area contributed by atoms with Crippen LogP contribution in [0.1, 0.15) is 43.0 Å². The smallest absolute Gasteiger partial charge is 0.323 e. The molecule has 0 spiro atoms. The highest BCUT2D eigenvalue weighted by Crippen LogP contribution is 2.26. The predicted octanol–water partition coefficient (Wildman–Crippen LogP) is 3.05. The molecule has 0 aliphatic heterocycles. The fraction of sp³-hybridized carbons (Fsp3) is 0.500. The zero-order chi connectivity index (χ0) is 17.5. The Kier molecular flexibility index (Phi) is 6.85. The molecule has 0 heterocycles. The van der Waals surface area contributed by atoms with Crippen molar-refractivity contribution in [1.82, 2.24) is 4.90 Å². The van der Waals surface area contributed by atoms with Gasteiger partial charge >= 0.3 is 5.97 Å². The quantitative estimate of drug-likeness (QED) is 0.819. The summed E-state index contributed by atoms with van der Waals surface area (Å²) in [6.45, 7) is 1.50. The summed E-state index contributed by atoms with van der Waals surface area (Å²) >= 11 is 1.11. The van der Waals surface area contributed by atoms with Gasteiger partial charge in [0.15, 0.2) is 0 Å². The second-order valence-electron chi connectivity index (χ2n) is 6.16. The molecular weight excluding hydrogens is 326 g/mol. The average Bonchev–Trinajstić information content (AvgIpc) is 3.11. The molecule has 6 heteroatoms. The minimum atomic E-state index is -0.990. The molecule has 0 aromatic heterocycles. The van der Waals surface area contributed by atoms with E-state index in [1.54, 1.807) is 31.2 Å². The van der Waals surface area contributed by atoms with Crippen LogP contribution in [0.4, 0.5) is 0 Å². The van der Waals surface area contributed by atoms with E-state index in [2.05, 4.69) is 0 Å². The summed E-state index contributed by atoms with van der Waals surface area (Å²) in [6.07, 6.45) is 3.79. The minimum absolute atomic E-state index is 0.0193. The van der Waals surface area contributed by atoms with E-state index in [4.69, 9.17) is 5.11 Å². The van der Waals surface area contributed by atoms with Crippen LogP contribution in [-0.2, 0) is 9.59 Å². The van der Waals surface area contributed by atoms with Gasteiger partial charge in [0.2, 0.25) is 11.0 Å². The Bertz CT molecular complexity index is 584. The molecule has 1 aliphatic carbocycles. The molecule has 130 valence electrons.